The van der Waals surface area contributed by atoms with E-state index in [9.17, 15) is 39.6 Å². The number of carbonyl (C=O) groups excluding carboxylic acids is 4. The highest BCUT2D eigenvalue weighted by atomic mass is 16.3. The molecule has 12 nitrogen and oxygen atoms in total. The number of aryl methyl sites for hydroxylation is 1. The van der Waals surface area contributed by atoms with E-state index in [0.29, 0.717) is 11.3 Å². The Labute approximate surface area is 222 Å². The number of likely N-dealkylation sites (N-methyl/N-ethyl adjacent to an activating group) is 1. The van der Waals surface area contributed by atoms with E-state index in [1.165, 1.54) is 17.0 Å². The number of carbonyl (C=O) groups is 4. The normalized spacial score (nSPS) is 26.4. The lowest BCUT2D eigenvalue weighted by atomic mass is 9.58. The Morgan fingerprint density at radius 3 is 2.49 bits per heavy atom. The lowest BCUT2D eigenvalue weighted by molar-refractivity contribution is -0.148. The van der Waals surface area contributed by atoms with Gasteiger partial charge in [0.2, 0.25) is 5.78 Å². The number of benzene rings is 1. The summed E-state index contributed by atoms with van der Waals surface area (Å²) in [6, 6.07) is 1.56. The highest BCUT2D eigenvalue weighted by Crippen LogP contribution is 2.52. The van der Waals surface area contributed by atoms with Crippen LogP contribution in [0.15, 0.2) is 47.3 Å². The van der Waals surface area contributed by atoms with Gasteiger partial charge < -0.3 is 30.7 Å². The van der Waals surface area contributed by atoms with Gasteiger partial charge in [0.25, 0.3) is 5.91 Å². The summed E-state index contributed by atoms with van der Waals surface area (Å²) in [5.41, 5.74) is 2.44. The number of amides is 1. The number of hydrogen-bond donors (Lipinski definition) is 5. The molecule has 0 radical (unpaired) electrons. The van der Waals surface area contributed by atoms with Crippen molar-refractivity contribution >= 4 is 23.3 Å². The van der Waals surface area contributed by atoms with Gasteiger partial charge in [0.15, 0.2) is 17.2 Å². The standard InChI is InChI=1S/C27H28N4O8/c1-30(2)21-15-7-11-6-14-13(17(33)8-12-9-29-10-31(12)3)4-5-16(32)19(14)22(34)18(11)24(36)27(15,39)25(37)20(23(21)35)26(28)38/h4-5,9-11,15,21,32,35-36,39H,6-8H2,1-3H3,(H2,28,38)/t11-,15-,21-,27-/m0/s1. The second-order valence-corrected chi connectivity index (χ2v) is 10.5. The summed E-state index contributed by atoms with van der Waals surface area (Å²) in [6.07, 6.45) is 3.08. The van der Waals surface area contributed by atoms with E-state index < -0.39 is 63.8 Å². The number of imidazole rings is 1. The number of phenolic OH excluding ortho intramolecular Hbond substituents is 1. The van der Waals surface area contributed by atoms with Crippen molar-refractivity contribution in [2.24, 2.45) is 24.6 Å². The van der Waals surface area contributed by atoms with Crippen molar-refractivity contribution < 1.29 is 39.6 Å². The van der Waals surface area contributed by atoms with Crippen molar-refractivity contribution in [2.45, 2.75) is 30.9 Å². The highest BCUT2D eigenvalue weighted by Gasteiger charge is 2.63. The number of primary amides is 1. The Kier molecular flexibility index (Phi) is 6.00. The summed E-state index contributed by atoms with van der Waals surface area (Å²) in [6.45, 7) is 0. The Balaban J connectivity index is 1.66. The molecule has 1 heterocycles. The molecule has 4 atom stereocenters. The topological polar surface area (TPSA) is 196 Å². The molecule has 0 aliphatic heterocycles. The largest absolute Gasteiger partial charge is 0.510 e. The summed E-state index contributed by atoms with van der Waals surface area (Å²) < 4.78 is 1.69. The van der Waals surface area contributed by atoms with E-state index >= 15 is 0 Å². The summed E-state index contributed by atoms with van der Waals surface area (Å²) >= 11 is 0. The summed E-state index contributed by atoms with van der Waals surface area (Å²) in [7, 11) is 4.86. The van der Waals surface area contributed by atoms with Crippen molar-refractivity contribution in [3.63, 3.8) is 0 Å². The molecule has 3 aliphatic rings. The Bertz CT molecular complexity index is 1530. The van der Waals surface area contributed by atoms with Crippen LogP contribution in [0, 0.1) is 11.8 Å². The van der Waals surface area contributed by atoms with Crippen LogP contribution in [0.4, 0.5) is 0 Å². The molecule has 204 valence electrons. The fourth-order valence-electron chi connectivity index (χ4n) is 6.33. The van der Waals surface area contributed by atoms with Gasteiger partial charge in [-0.05, 0) is 50.6 Å². The van der Waals surface area contributed by atoms with Crippen molar-refractivity contribution in [3.8, 4) is 5.75 Å². The first kappa shape index (κ1) is 26.3. The first-order chi connectivity index (χ1) is 18.3. The maximum Gasteiger partial charge on any atom is 0.255 e. The van der Waals surface area contributed by atoms with Gasteiger partial charge in [0.1, 0.15) is 22.8 Å². The molecule has 0 spiro atoms. The van der Waals surface area contributed by atoms with Gasteiger partial charge in [-0.15, -0.1) is 0 Å². The second-order valence-electron chi connectivity index (χ2n) is 10.5. The average molecular weight is 537 g/mol. The number of hydrogen-bond acceptors (Lipinski definition) is 10. The molecular weight excluding hydrogens is 508 g/mol. The number of allylic oxidation sites excluding steroid dienone is 1. The Morgan fingerprint density at radius 2 is 1.90 bits per heavy atom. The van der Waals surface area contributed by atoms with Crippen LogP contribution in [-0.2, 0) is 29.5 Å². The van der Waals surface area contributed by atoms with Gasteiger partial charge in [-0.25, -0.2) is 4.98 Å². The zero-order valence-electron chi connectivity index (χ0n) is 21.5. The van der Waals surface area contributed by atoms with Crippen LogP contribution in [0.1, 0.15) is 38.4 Å². The fourth-order valence-corrected chi connectivity index (χ4v) is 6.33. The number of ketones is 3. The predicted octanol–water partition coefficient (Wildman–Crippen LogP) is 0.280. The lowest BCUT2D eigenvalue weighted by Gasteiger charge is -2.50. The zero-order valence-corrected chi connectivity index (χ0v) is 21.5. The average Bonchev–Trinajstić information content (AvgIpc) is 3.25. The van der Waals surface area contributed by atoms with Gasteiger partial charge in [0.05, 0.1) is 24.4 Å². The van der Waals surface area contributed by atoms with Crippen molar-refractivity contribution in [3.05, 3.63) is 69.7 Å². The summed E-state index contributed by atoms with van der Waals surface area (Å²) in [4.78, 5) is 58.0. The third kappa shape index (κ3) is 3.62. The minimum atomic E-state index is -2.72. The molecule has 3 aliphatic carbocycles. The van der Waals surface area contributed by atoms with Gasteiger partial charge in [0, 0.05) is 36.0 Å². The highest BCUT2D eigenvalue weighted by molar-refractivity contribution is 6.25. The molecule has 0 bridgehead atoms. The molecule has 39 heavy (non-hydrogen) atoms. The van der Waals surface area contributed by atoms with E-state index in [4.69, 9.17) is 5.73 Å². The third-order valence-corrected chi connectivity index (χ3v) is 8.16. The van der Waals surface area contributed by atoms with Crippen LogP contribution in [0.5, 0.6) is 5.75 Å². The van der Waals surface area contributed by atoms with Crippen LogP contribution in [0.25, 0.3) is 0 Å². The third-order valence-electron chi connectivity index (χ3n) is 8.16. The molecule has 1 amide bonds. The van der Waals surface area contributed by atoms with Gasteiger partial charge >= 0.3 is 0 Å². The fraction of sp³-hybridized carbons (Fsp3) is 0.370. The quantitative estimate of drug-likeness (QED) is 0.261. The second kappa shape index (κ2) is 8.89. The maximum absolute atomic E-state index is 13.8. The minimum Gasteiger partial charge on any atom is -0.510 e. The number of Topliss-reactive ketones (excluding diaryl/α,β-unsaturated/α-hetero) is 3. The lowest BCUT2D eigenvalue weighted by Crippen LogP contribution is -2.63. The Morgan fingerprint density at radius 1 is 1.21 bits per heavy atom. The van der Waals surface area contributed by atoms with Crippen LogP contribution in [0.3, 0.4) is 0 Å². The van der Waals surface area contributed by atoms with Crippen molar-refractivity contribution in [1.82, 2.24) is 14.5 Å². The van der Waals surface area contributed by atoms with Crippen LogP contribution < -0.4 is 5.73 Å². The van der Waals surface area contributed by atoms with Crippen LogP contribution >= 0.6 is 0 Å². The van der Waals surface area contributed by atoms with Crippen molar-refractivity contribution in [1.29, 1.82) is 0 Å². The summed E-state index contributed by atoms with van der Waals surface area (Å²) in [5.74, 6) is -7.66. The van der Waals surface area contributed by atoms with E-state index in [-0.39, 0.29) is 41.7 Å². The van der Waals surface area contributed by atoms with E-state index in [0.717, 1.165) is 0 Å². The number of fused-ring (bicyclic) bond motifs is 3. The van der Waals surface area contributed by atoms with E-state index in [2.05, 4.69) is 4.98 Å². The number of aromatic nitrogens is 2. The first-order valence-electron chi connectivity index (χ1n) is 12.3. The number of phenols is 1. The Hall–Kier alpha value is -4.29. The molecule has 12 heteroatoms. The molecule has 6 N–H and O–H groups in total. The first-order valence-corrected chi connectivity index (χ1v) is 12.3. The SMILES string of the molecule is CN(C)[C@@H]1C(O)=C(C(N)=O)C(=O)[C@@]2(O)C(O)=C3C(=O)c4c(O)ccc(C(=O)Cc5cncn5C)c4C[C@H]3C[C@@H]12. The predicted molar refractivity (Wildman–Crippen MR) is 135 cm³/mol. The number of aromatic hydroxyl groups is 1. The molecule has 1 aromatic carbocycles. The van der Waals surface area contributed by atoms with Gasteiger partial charge in [-0.1, -0.05) is 0 Å². The number of nitrogens with zero attached hydrogens (tertiary/aromatic N) is 3. The van der Waals surface area contributed by atoms with Crippen LogP contribution in [-0.4, -0.2) is 83.9 Å². The smallest absolute Gasteiger partial charge is 0.255 e. The molecule has 1 aromatic heterocycles. The number of aliphatic hydroxyl groups excluding tert-OH is 2. The minimum absolute atomic E-state index is 0.00530. The van der Waals surface area contributed by atoms with E-state index in [1.54, 1.807) is 38.2 Å². The van der Waals surface area contributed by atoms with Crippen LogP contribution in [0.2, 0.25) is 0 Å². The number of nitrogens with two attached hydrogens (primary N) is 1. The maximum atomic E-state index is 13.8. The number of rotatable bonds is 5. The van der Waals surface area contributed by atoms with Crippen molar-refractivity contribution in [2.75, 3.05) is 14.1 Å². The molecule has 0 saturated carbocycles. The molecular formula is C27H28N4O8. The summed E-state index contributed by atoms with van der Waals surface area (Å²) in [5, 5.41) is 44.5. The molecule has 0 fully saturated rings. The zero-order chi connectivity index (χ0) is 28.5. The van der Waals surface area contributed by atoms with E-state index in [1.807, 2.05) is 0 Å². The monoisotopic (exact) mass is 536 g/mol. The van der Waals surface area contributed by atoms with Gasteiger partial charge in [-0.2, -0.15) is 0 Å². The molecule has 0 saturated heterocycles. The molecule has 5 rings (SSSR count). The molecule has 0 unspecified atom stereocenters. The van der Waals surface area contributed by atoms with Gasteiger partial charge in [-0.3, -0.25) is 24.1 Å². The molecule has 2 aromatic rings. The number of aliphatic hydroxyl groups is 3.